The van der Waals surface area contributed by atoms with E-state index < -0.39 is 0 Å². The standard InChI is InChI=1S/C14H17N3O/c15-12(9-10-5-2-1-3-6-10)14-16-13(17-18-14)11-7-4-8-11/h1-3,5-6,11-12H,4,7-9,15H2/t12-/m0/s1. The van der Waals surface area contributed by atoms with Crippen LogP contribution in [-0.4, -0.2) is 10.1 Å². The quantitative estimate of drug-likeness (QED) is 0.896. The minimum Gasteiger partial charge on any atom is -0.338 e. The van der Waals surface area contributed by atoms with E-state index in [1.807, 2.05) is 18.2 Å². The van der Waals surface area contributed by atoms with Crippen molar-refractivity contribution < 1.29 is 4.52 Å². The summed E-state index contributed by atoms with van der Waals surface area (Å²) in [5.41, 5.74) is 7.29. The van der Waals surface area contributed by atoms with Crippen LogP contribution in [0.1, 0.15) is 48.5 Å². The molecule has 1 aliphatic rings. The molecule has 1 aromatic heterocycles. The van der Waals surface area contributed by atoms with Crippen LogP contribution >= 0.6 is 0 Å². The Labute approximate surface area is 106 Å². The van der Waals surface area contributed by atoms with Crippen LogP contribution in [0.25, 0.3) is 0 Å². The minimum absolute atomic E-state index is 0.214. The normalized spacial score (nSPS) is 17.4. The highest BCUT2D eigenvalue weighted by Crippen LogP contribution is 2.34. The summed E-state index contributed by atoms with van der Waals surface area (Å²) in [6.07, 6.45) is 4.34. The van der Waals surface area contributed by atoms with Gasteiger partial charge in [0.1, 0.15) is 0 Å². The van der Waals surface area contributed by atoms with Gasteiger partial charge >= 0.3 is 0 Å². The van der Waals surface area contributed by atoms with Gasteiger partial charge in [-0.25, -0.2) is 0 Å². The number of benzene rings is 1. The van der Waals surface area contributed by atoms with Gasteiger partial charge in [0, 0.05) is 5.92 Å². The van der Waals surface area contributed by atoms with Crippen molar-refractivity contribution in [2.45, 2.75) is 37.6 Å². The monoisotopic (exact) mass is 243 g/mol. The molecule has 4 nitrogen and oxygen atoms in total. The number of hydrogen-bond donors (Lipinski definition) is 1. The second-order valence-electron chi connectivity index (χ2n) is 4.91. The maximum absolute atomic E-state index is 6.10. The third kappa shape index (κ3) is 2.29. The molecule has 1 heterocycles. The Morgan fingerprint density at radius 1 is 1.28 bits per heavy atom. The maximum atomic E-state index is 6.10. The average molecular weight is 243 g/mol. The summed E-state index contributed by atoms with van der Waals surface area (Å²) in [6.45, 7) is 0. The molecule has 4 heteroatoms. The zero-order valence-electron chi connectivity index (χ0n) is 10.2. The molecule has 3 rings (SSSR count). The lowest BCUT2D eigenvalue weighted by Gasteiger charge is -2.21. The van der Waals surface area contributed by atoms with Crippen molar-refractivity contribution in [2.75, 3.05) is 0 Å². The second kappa shape index (κ2) is 4.90. The molecule has 0 amide bonds. The fourth-order valence-electron chi connectivity index (χ4n) is 2.19. The van der Waals surface area contributed by atoms with Gasteiger partial charge in [0.15, 0.2) is 5.82 Å². The number of nitrogens with two attached hydrogens (primary N) is 1. The molecule has 0 saturated heterocycles. The Morgan fingerprint density at radius 2 is 2.06 bits per heavy atom. The van der Waals surface area contributed by atoms with E-state index >= 15 is 0 Å². The molecule has 0 aliphatic heterocycles. The number of aromatic nitrogens is 2. The van der Waals surface area contributed by atoms with Crippen LogP contribution in [0.2, 0.25) is 0 Å². The summed E-state index contributed by atoms with van der Waals surface area (Å²) in [5.74, 6) is 1.88. The molecule has 2 N–H and O–H groups in total. The average Bonchev–Trinajstić information content (AvgIpc) is 2.77. The zero-order valence-corrected chi connectivity index (χ0v) is 10.2. The summed E-state index contributed by atoms with van der Waals surface area (Å²) < 4.78 is 5.27. The van der Waals surface area contributed by atoms with Gasteiger partial charge in [-0.15, -0.1) is 0 Å². The lowest BCUT2D eigenvalue weighted by atomic mass is 9.85. The molecule has 18 heavy (non-hydrogen) atoms. The topological polar surface area (TPSA) is 64.9 Å². The Balaban J connectivity index is 1.68. The SMILES string of the molecule is N[C@@H](Cc1ccccc1)c1nc(C2CCC2)no1. The van der Waals surface area contributed by atoms with Gasteiger partial charge in [-0.2, -0.15) is 4.98 Å². The van der Waals surface area contributed by atoms with Gasteiger partial charge in [-0.1, -0.05) is 41.9 Å². The van der Waals surface area contributed by atoms with Gasteiger partial charge in [-0.3, -0.25) is 0 Å². The maximum Gasteiger partial charge on any atom is 0.243 e. The molecular formula is C14H17N3O. The van der Waals surface area contributed by atoms with Gasteiger partial charge in [0.2, 0.25) is 5.89 Å². The van der Waals surface area contributed by atoms with Gasteiger partial charge < -0.3 is 10.3 Å². The molecule has 1 saturated carbocycles. The first-order valence-corrected chi connectivity index (χ1v) is 6.46. The van der Waals surface area contributed by atoms with E-state index in [0.717, 1.165) is 12.2 Å². The fraction of sp³-hybridized carbons (Fsp3) is 0.429. The van der Waals surface area contributed by atoms with Crippen molar-refractivity contribution in [2.24, 2.45) is 5.73 Å². The van der Waals surface area contributed by atoms with Gasteiger partial charge in [0.25, 0.3) is 0 Å². The van der Waals surface area contributed by atoms with E-state index in [1.54, 1.807) is 0 Å². The lowest BCUT2D eigenvalue weighted by molar-refractivity contribution is 0.334. The second-order valence-corrected chi connectivity index (χ2v) is 4.91. The Morgan fingerprint density at radius 3 is 2.72 bits per heavy atom. The highest BCUT2D eigenvalue weighted by Gasteiger charge is 2.25. The highest BCUT2D eigenvalue weighted by atomic mass is 16.5. The van der Waals surface area contributed by atoms with Gasteiger partial charge in [-0.05, 0) is 24.8 Å². The van der Waals surface area contributed by atoms with Crippen molar-refractivity contribution in [3.8, 4) is 0 Å². The first kappa shape index (κ1) is 11.4. The zero-order chi connectivity index (χ0) is 12.4. The van der Waals surface area contributed by atoms with E-state index in [-0.39, 0.29) is 6.04 Å². The van der Waals surface area contributed by atoms with E-state index in [1.165, 1.54) is 24.8 Å². The molecule has 94 valence electrons. The summed E-state index contributed by atoms with van der Waals surface area (Å²) in [5, 5.41) is 4.03. The van der Waals surface area contributed by atoms with Crippen molar-refractivity contribution in [1.82, 2.24) is 10.1 Å². The summed E-state index contributed by atoms with van der Waals surface area (Å²) in [7, 11) is 0. The van der Waals surface area contributed by atoms with Crippen molar-refractivity contribution in [3.63, 3.8) is 0 Å². The summed E-state index contributed by atoms with van der Waals surface area (Å²) in [6, 6.07) is 9.92. The third-order valence-electron chi connectivity index (χ3n) is 3.54. The molecule has 0 unspecified atom stereocenters. The van der Waals surface area contributed by atoms with Gasteiger partial charge in [0.05, 0.1) is 6.04 Å². The number of nitrogens with zero attached hydrogens (tertiary/aromatic N) is 2. The summed E-state index contributed by atoms with van der Waals surface area (Å²) >= 11 is 0. The van der Waals surface area contributed by atoms with Crippen LogP contribution < -0.4 is 5.73 Å². The summed E-state index contributed by atoms with van der Waals surface area (Å²) in [4.78, 5) is 4.43. The van der Waals surface area contributed by atoms with E-state index in [4.69, 9.17) is 10.3 Å². The van der Waals surface area contributed by atoms with Crippen LogP contribution in [0, 0.1) is 0 Å². The highest BCUT2D eigenvalue weighted by molar-refractivity contribution is 5.17. The number of hydrogen-bond acceptors (Lipinski definition) is 4. The molecule has 1 aliphatic carbocycles. The minimum atomic E-state index is -0.214. The molecule has 2 aromatic rings. The van der Waals surface area contributed by atoms with Crippen LogP contribution in [-0.2, 0) is 6.42 Å². The van der Waals surface area contributed by atoms with Crippen molar-refractivity contribution in [1.29, 1.82) is 0 Å². The fourth-order valence-corrected chi connectivity index (χ4v) is 2.19. The van der Waals surface area contributed by atoms with Crippen molar-refractivity contribution >= 4 is 0 Å². The Hall–Kier alpha value is -1.68. The predicted molar refractivity (Wildman–Crippen MR) is 68.0 cm³/mol. The van der Waals surface area contributed by atoms with E-state index in [0.29, 0.717) is 11.8 Å². The van der Waals surface area contributed by atoms with Crippen molar-refractivity contribution in [3.05, 3.63) is 47.6 Å². The van der Waals surface area contributed by atoms with Crippen LogP contribution in [0.4, 0.5) is 0 Å². The van der Waals surface area contributed by atoms with Crippen LogP contribution in [0.3, 0.4) is 0 Å². The first-order chi connectivity index (χ1) is 8.83. The third-order valence-corrected chi connectivity index (χ3v) is 3.54. The van der Waals surface area contributed by atoms with E-state index in [2.05, 4.69) is 22.3 Å². The Kier molecular flexibility index (Phi) is 3.11. The lowest BCUT2D eigenvalue weighted by Crippen LogP contribution is -2.15. The van der Waals surface area contributed by atoms with Crippen LogP contribution in [0.5, 0.6) is 0 Å². The molecule has 1 atom stereocenters. The molecule has 1 fully saturated rings. The smallest absolute Gasteiger partial charge is 0.243 e. The molecule has 1 aromatic carbocycles. The molecule has 0 bridgehead atoms. The largest absolute Gasteiger partial charge is 0.338 e. The molecule has 0 radical (unpaired) electrons. The molecule has 0 spiro atoms. The Bertz CT molecular complexity index is 505. The van der Waals surface area contributed by atoms with Crippen LogP contribution in [0.15, 0.2) is 34.9 Å². The first-order valence-electron chi connectivity index (χ1n) is 6.46. The van der Waals surface area contributed by atoms with E-state index in [9.17, 15) is 0 Å². The number of rotatable bonds is 4. The predicted octanol–water partition coefficient (Wildman–Crippen LogP) is 2.58. The molecular weight excluding hydrogens is 226 g/mol.